The molecule has 1 aromatic heterocycles. The molecule has 13 heavy (non-hydrogen) atoms. The molecule has 1 aliphatic carbocycles. The van der Waals surface area contributed by atoms with Gasteiger partial charge in [0.2, 0.25) is 0 Å². The van der Waals surface area contributed by atoms with Crippen molar-refractivity contribution < 1.29 is 5.11 Å². The molecule has 2 unspecified atom stereocenters. The third-order valence-electron chi connectivity index (χ3n) is 2.76. The summed E-state index contributed by atoms with van der Waals surface area (Å²) in [4.78, 5) is 5.71. The first kappa shape index (κ1) is 9.16. The molecule has 0 bridgehead atoms. The molecule has 1 saturated carbocycles. The van der Waals surface area contributed by atoms with Gasteiger partial charge < -0.3 is 5.11 Å². The topological polar surface area (TPSA) is 33.1 Å². The Balaban J connectivity index is 2.28. The van der Waals surface area contributed by atoms with Crippen LogP contribution in [0.2, 0.25) is 0 Å². The zero-order valence-electron chi connectivity index (χ0n) is 8.08. The maximum atomic E-state index is 9.75. The van der Waals surface area contributed by atoms with E-state index in [-0.39, 0.29) is 6.10 Å². The molecule has 1 fully saturated rings. The standard InChI is InChI=1S/C10H15NOS/c1-6-10(13-7(2)11-6)8-4-3-5-9(8)12/h8-9,12H,3-5H2,1-2H3. The minimum Gasteiger partial charge on any atom is -0.392 e. The van der Waals surface area contributed by atoms with E-state index < -0.39 is 0 Å². The van der Waals surface area contributed by atoms with Gasteiger partial charge >= 0.3 is 0 Å². The second-order valence-corrected chi connectivity index (χ2v) is 5.02. The van der Waals surface area contributed by atoms with Gasteiger partial charge in [-0.1, -0.05) is 6.42 Å². The lowest BCUT2D eigenvalue weighted by molar-refractivity contribution is 0.164. The van der Waals surface area contributed by atoms with Gasteiger partial charge in [-0.15, -0.1) is 11.3 Å². The van der Waals surface area contributed by atoms with Crippen LogP contribution in [0.4, 0.5) is 0 Å². The van der Waals surface area contributed by atoms with Crippen LogP contribution in [0.5, 0.6) is 0 Å². The molecular formula is C10H15NOS. The van der Waals surface area contributed by atoms with Gasteiger partial charge in [-0.05, 0) is 26.7 Å². The van der Waals surface area contributed by atoms with Crippen molar-refractivity contribution in [3.8, 4) is 0 Å². The predicted molar refractivity (Wildman–Crippen MR) is 54.2 cm³/mol. The van der Waals surface area contributed by atoms with Gasteiger partial charge in [0.05, 0.1) is 16.8 Å². The first-order valence-electron chi connectivity index (χ1n) is 4.80. The Hall–Kier alpha value is -0.410. The van der Waals surface area contributed by atoms with Gasteiger partial charge in [0.1, 0.15) is 0 Å². The Morgan fingerprint density at radius 3 is 2.62 bits per heavy atom. The highest BCUT2D eigenvalue weighted by Crippen LogP contribution is 2.38. The van der Waals surface area contributed by atoms with Crippen LogP contribution in [-0.2, 0) is 0 Å². The van der Waals surface area contributed by atoms with Crippen molar-refractivity contribution in [1.82, 2.24) is 4.98 Å². The maximum Gasteiger partial charge on any atom is 0.0900 e. The Labute approximate surface area is 82.6 Å². The Kier molecular flexibility index (Phi) is 2.39. The van der Waals surface area contributed by atoms with Crippen LogP contribution in [0, 0.1) is 13.8 Å². The molecule has 0 spiro atoms. The highest BCUT2D eigenvalue weighted by molar-refractivity contribution is 7.11. The van der Waals surface area contributed by atoms with Crippen molar-refractivity contribution in [2.45, 2.75) is 45.1 Å². The first-order chi connectivity index (χ1) is 6.18. The van der Waals surface area contributed by atoms with Gasteiger partial charge in [0.25, 0.3) is 0 Å². The Morgan fingerprint density at radius 2 is 2.15 bits per heavy atom. The van der Waals surface area contributed by atoms with Crippen LogP contribution in [0.15, 0.2) is 0 Å². The number of nitrogens with zero attached hydrogens (tertiary/aromatic N) is 1. The summed E-state index contributed by atoms with van der Waals surface area (Å²) in [6, 6.07) is 0. The smallest absolute Gasteiger partial charge is 0.0900 e. The second-order valence-electron chi connectivity index (χ2n) is 3.79. The first-order valence-corrected chi connectivity index (χ1v) is 5.62. The van der Waals surface area contributed by atoms with Crippen LogP contribution in [-0.4, -0.2) is 16.2 Å². The summed E-state index contributed by atoms with van der Waals surface area (Å²) in [6.45, 7) is 4.08. The van der Waals surface area contributed by atoms with E-state index in [0.29, 0.717) is 5.92 Å². The van der Waals surface area contributed by atoms with Crippen LogP contribution in [0.1, 0.15) is 40.8 Å². The zero-order valence-corrected chi connectivity index (χ0v) is 8.90. The van der Waals surface area contributed by atoms with Crippen molar-refractivity contribution in [2.75, 3.05) is 0 Å². The van der Waals surface area contributed by atoms with Crippen LogP contribution in [0.3, 0.4) is 0 Å². The highest BCUT2D eigenvalue weighted by atomic mass is 32.1. The monoisotopic (exact) mass is 197 g/mol. The van der Waals surface area contributed by atoms with E-state index in [1.54, 1.807) is 11.3 Å². The molecular weight excluding hydrogens is 182 g/mol. The number of aryl methyl sites for hydroxylation is 2. The quantitative estimate of drug-likeness (QED) is 0.750. The van der Waals surface area contributed by atoms with Crippen molar-refractivity contribution in [2.24, 2.45) is 0 Å². The fourth-order valence-corrected chi connectivity index (χ4v) is 3.26. The van der Waals surface area contributed by atoms with E-state index in [4.69, 9.17) is 0 Å². The van der Waals surface area contributed by atoms with Crippen molar-refractivity contribution in [3.63, 3.8) is 0 Å². The van der Waals surface area contributed by atoms with Gasteiger partial charge in [-0.25, -0.2) is 4.98 Å². The summed E-state index contributed by atoms with van der Waals surface area (Å²) < 4.78 is 0. The minimum atomic E-state index is -0.126. The molecule has 0 radical (unpaired) electrons. The minimum absolute atomic E-state index is 0.126. The fraction of sp³-hybridized carbons (Fsp3) is 0.700. The predicted octanol–water partition coefficient (Wildman–Crippen LogP) is 2.39. The van der Waals surface area contributed by atoms with E-state index >= 15 is 0 Å². The SMILES string of the molecule is Cc1nc(C)c(C2CCCC2O)s1. The molecule has 1 heterocycles. The summed E-state index contributed by atoms with van der Waals surface area (Å²) in [5.41, 5.74) is 1.12. The lowest BCUT2D eigenvalue weighted by atomic mass is 10.0. The molecule has 0 aliphatic heterocycles. The largest absolute Gasteiger partial charge is 0.392 e. The van der Waals surface area contributed by atoms with E-state index in [9.17, 15) is 5.11 Å². The number of aliphatic hydroxyl groups is 1. The molecule has 2 rings (SSSR count). The molecule has 2 atom stereocenters. The van der Waals surface area contributed by atoms with Crippen molar-refractivity contribution in [3.05, 3.63) is 15.6 Å². The summed E-state index contributed by atoms with van der Waals surface area (Å²) in [7, 11) is 0. The lowest BCUT2D eigenvalue weighted by Crippen LogP contribution is -2.10. The molecule has 2 nitrogen and oxygen atoms in total. The fourth-order valence-electron chi connectivity index (χ4n) is 2.14. The van der Waals surface area contributed by atoms with Crippen LogP contribution in [0.25, 0.3) is 0 Å². The molecule has 0 amide bonds. The number of rotatable bonds is 1. The third kappa shape index (κ3) is 1.63. The molecule has 0 aromatic carbocycles. The molecule has 0 saturated heterocycles. The number of hydrogen-bond acceptors (Lipinski definition) is 3. The Morgan fingerprint density at radius 1 is 1.38 bits per heavy atom. The van der Waals surface area contributed by atoms with Gasteiger partial charge in [0.15, 0.2) is 0 Å². The van der Waals surface area contributed by atoms with Gasteiger partial charge in [-0.3, -0.25) is 0 Å². The molecule has 1 aliphatic rings. The summed E-state index contributed by atoms with van der Waals surface area (Å²) in [5, 5.41) is 10.9. The van der Waals surface area contributed by atoms with E-state index in [1.807, 2.05) is 13.8 Å². The Bertz CT molecular complexity index is 308. The van der Waals surface area contributed by atoms with Crippen LogP contribution >= 0.6 is 11.3 Å². The number of thiazole rings is 1. The average Bonchev–Trinajstić information content (AvgIpc) is 2.58. The number of aliphatic hydroxyl groups excluding tert-OH is 1. The molecule has 1 aromatic rings. The molecule has 72 valence electrons. The average molecular weight is 197 g/mol. The van der Waals surface area contributed by atoms with Gasteiger partial charge in [0, 0.05) is 10.8 Å². The summed E-state index contributed by atoms with van der Waals surface area (Å²) in [5.74, 6) is 0.367. The highest BCUT2D eigenvalue weighted by Gasteiger charge is 2.29. The summed E-state index contributed by atoms with van der Waals surface area (Å²) >= 11 is 1.74. The second kappa shape index (κ2) is 3.39. The number of aromatic nitrogens is 1. The molecule has 1 N–H and O–H groups in total. The zero-order chi connectivity index (χ0) is 9.42. The lowest BCUT2D eigenvalue weighted by Gasteiger charge is -2.12. The van der Waals surface area contributed by atoms with E-state index in [0.717, 1.165) is 30.0 Å². The van der Waals surface area contributed by atoms with E-state index in [1.165, 1.54) is 4.88 Å². The molecule has 3 heteroatoms. The number of hydrogen-bond donors (Lipinski definition) is 1. The van der Waals surface area contributed by atoms with E-state index in [2.05, 4.69) is 4.98 Å². The van der Waals surface area contributed by atoms with Crippen LogP contribution < -0.4 is 0 Å². The maximum absolute atomic E-state index is 9.75. The van der Waals surface area contributed by atoms with Gasteiger partial charge in [-0.2, -0.15) is 0 Å². The van der Waals surface area contributed by atoms with Crippen molar-refractivity contribution in [1.29, 1.82) is 0 Å². The summed E-state index contributed by atoms with van der Waals surface area (Å²) in [6.07, 6.45) is 3.12. The van der Waals surface area contributed by atoms with Crippen molar-refractivity contribution >= 4 is 11.3 Å². The third-order valence-corrected chi connectivity index (χ3v) is 3.96. The normalized spacial score (nSPS) is 28.2.